The molecule has 0 aromatic heterocycles. The number of hydrogen-bond donors (Lipinski definition) is 1. The molecule has 0 aliphatic rings. The van der Waals surface area contributed by atoms with Crippen LogP contribution in [0.4, 0.5) is 0 Å². The zero-order valence-corrected chi connectivity index (χ0v) is 13.5. The van der Waals surface area contributed by atoms with Gasteiger partial charge in [-0.05, 0) is 50.8 Å². The maximum atomic E-state index is 11.1. The molecule has 0 amide bonds. The molecule has 0 saturated carbocycles. The van der Waals surface area contributed by atoms with Gasteiger partial charge in [0.2, 0.25) is 0 Å². The Morgan fingerprint density at radius 1 is 1.33 bits per heavy atom. The van der Waals surface area contributed by atoms with Crippen molar-refractivity contribution in [3.05, 3.63) is 28.8 Å². The highest BCUT2D eigenvalue weighted by Crippen LogP contribution is 2.27. The third kappa shape index (κ3) is 6.82. The van der Waals surface area contributed by atoms with Gasteiger partial charge in [-0.15, -0.1) is 0 Å². The molecule has 1 atom stereocenters. The van der Waals surface area contributed by atoms with E-state index in [1.807, 2.05) is 32.0 Å². The summed E-state index contributed by atoms with van der Waals surface area (Å²) in [6.45, 7) is 4.75. The number of ether oxygens (including phenoxy) is 2. The molecule has 21 heavy (non-hydrogen) atoms. The van der Waals surface area contributed by atoms with Crippen LogP contribution in [0.3, 0.4) is 0 Å². The lowest BCUT2D eigenvalue weighted by molar-refractivity contribution is -0.143. The Morgan fingerprint density at radius 2 is 2.10 bits per heavy atom. The van der Waals surface area contributed by atoms with Crippen molar-refractivity contribution in [1.29, 1.82) is 0 Å². The molecule has 1 rings (SSSR count). The van der Waals surface area contributed by atoms with Crippen LogP contribution in [-0.2, 0) is 9.53 Å². The van der Waals surface area contributed by atoms with Gasteiger partial charge in [0.15, 0.2) is 0 Å². The first kappa shape index (κ1) is 17.8. The molecule has 2 N–H and O–H groups in total. The molecule has 0 unspecified atom stereocenters. The van der Waals surface area contributed by atoms with Crippen molar-refractivity contribution in [3.8, 4) is 5.75 Å². The number of halogens is 1. The minimum absolute atomic E-state index is 0.0422. The topological polar surface area (TPSA) is 61.5 Å². The second-order valence-electron chi connectivity index (χ2n) is 4.94. The number of unbranched alkanes of at least 4 members (excludes halogenated alkanes) is 2. The van der Waals surface area contributed by atoms with Crippen LogP contribution in [0.5, 0.6) is 5.75 Å². The van der Waals surface area contributed by atoms with E-state index in [-0.39, 0.29) is 12.0 Å². The highest BCUT2D eigenvalue weighted by Gasteiger charge is 2.06. The van der Waals surface area contributed by atoms with Gasteiger partial charge in [-0.25, -0.2) is 0 Å². The predicted molar refractivity (Wildman–Crippen MR) is 84.7 cm³/mol. The Bertz CT molecular complexity index is 449. The number of esters is 1. The molecule has 5 heteroatoms. The van der Waals surface area contributed by atoms with E-state index in [1.165, 1.54) is 0 Å². The van der Waals surface area contributed by atoms with Crippen molar-refractivity contribution < 1.29 is 14.3 Å². The summed E-state index contributed by atoms with van der Waals surface area (Å²) in [5.74, 6) is 0.541. The van der Waals surface area contributed by atoms with Crippen LogP contribution in [-0.4, -0.2) is 19.2 Å². The van der Waals surface area contributed by atoms with E-state index in [0.717, 1.165) is 24.8 Å². The molecule has 0 saturated heterocycles. The van der Waals surface area contributed by atoms with E-state index in [0.29, 0.717) is 30.4 Å². The van der Waals surface area contributed by atoms with Crippen molar-refractivity contribution in [1.82, 2.24) is 0 Å². The van der Waals surface area contributed by atoms with Crippen LogP contribution in [0.1, 0.15) is 51.1 Å². The van der Waals surface area contributed by atoms with Crippen LogP contribution >= 0.6 is 11.6 Å². The molecule has 0 fully saturated rings. The predicted octanol–water partition coefficient (Wildman–Crippen LogP) is 3.86. The molecule has 0 aliphatic carbocycles. The molecule has 118 valence electrons. The largest absolute Gasteiger partial charge is 0.492 e. The molecule has 1 aromatic carbocycles. The Morgan fingerprint density at radius 3 is 2.71 bits per heavy atom. The molecule has 0 heterocycles. The summed E-state index contributed by atoms with van der Waals surface area (Å²) < 4.78 is 10.5. The fraction of sp³-hybridized carbons (Fsp3) is 0.562. The SMILES string of the molecule is CCOC(=O)CCCCCOc1ccc([C@H](C)N)cc1Cl. The normalized spacial score (nSPS) is 12.0. The van der Waals surface area contributed by atoms with Gasteiger partial charge in [-0.1, -0.05) is 17.7 Å². The Kier molecular flexibility index (Phi) is 8.16. The van der Waals surface area contributed by atoms with Crippen molar-refractivity contribution in [2.24, 2.45) is 5.73 Å². The van der Waals surface area contributed by atoms with Crippen LogP contribution in [0.2, 0.25) is 5.02 Å². The van der Waals surface area contributed by atoms with E-state index >= 15 is 0 Å². The molecular weight excluding hydrogens is 290 g/mol. The number of carbonyl (C=O) groups excluding carboxylic acids is 1. The maximum absolute atomic E-state index is 11.1. The molecule has 0 bridgehead atoms. The average molecular weight is 314 g/mol. The Labute approximate surface area is 131 Å². The minimum Gasteiger partial charge on any atom is -0.492 e. The molecule has 1 aromatic rings. The summed E-state index contributed by atoms with van der Waals surface area (Å²) in [5.41, 5.74) is 6.78. The van der Waals surface area contributed by atoms with Gasteiger partial charge in [0, 0.05) is 12.5 Å². The summed E-state index contributed by atoms with van der Waals surface area (Å²) in [6, 6.07) is 5.56. The van der Waals surface area contributed by atoms with E-state index in [2.05, 4.69) is 0 Å². The van der Waals surface area contributed by atoms with Gasteiger partial charge < -0.3 is 15.2 Å². The fourth-order valence-corrected chi connectivity index (χ4v) is 2.12. The highest BCUT2D eigenvalue weighted by molar-refractivity contribution is 6.32. The number of rotatable bonds is 9. The first-order valence-electron chi connectivity index (χ1n) is 7.38. The van der Waals surface area contributed by atoms with E-state index in [9.17, 15) is 4.79 Å². The quantitative estimate of drug-likeness (QED) is 0.555. The van der Waals surface area contributed by atoms with Gasteiger partial charge in [-0.2, -0.15) is 0 Å². The van der Waals surface area contributed by atoms with E-state index in [1.54, 1.807) is 0 Å². The van der Waals surface area contributed by atoms with Crippen molar-refractivity contribution >= 4 is 17.6 Å². The van der Waals surface area contributed by atoms with E-state index in [4.69, 9.17) is 26.8 Å². The number of benzene rings is 1. The van der Waals surface area contributed by atoms with Gasteiger partial charge in [-0.3, -0.25) is 4.79 Å². The lowest BCUT2D eigenvalue weighted by Gasteiger charge is -2.11. The fourth-order valence-electron chi connectivity index (χ4n) is 1.88. The van der Waals surface area contributed by atoms with E-state index < -0.39 is 0 Å². The average Bonchev–Trinajstić information content (AvgIpc) is 2.44. The van der Waals surface area contributed by atoms with Crippen LogP contribution in [0.25, 0.3) is 0 Å². The van der Waals surface area contributed by atoms with Crippen LogP contribution < -0.4 is 10.5 Å². The summed E-state index contributed by atoms with van der Waals surface area (Å²) in [6.07, 6.45) is 3.09. The molecule has 0 radical (unpaired) electrons. The van der Waals surface area contributed by atoms with Crippen LogP contribution in [0, 0.1) is 0 Å². The van der Waals surface area contributed by atoms with Gasteiger partial charge in [0.05, 0.1) is 18.2 Å². The Hall–Kier alpha value is -1.26. The maximum Gasteiger partial charge on any atom is 0.305 e. The summed E-state index contributed by atoms with van der Waals surface area (Å²) in [5, 5.41) is 0.580. The number of hydrogen-bond acceptors (Lipinski definition) is 4. The van der Waals surface area contributed by atoms with Crippen molar-refractivity contribution in [3.63, 3.8) is 0 Å². The summed E-state index contributed by atoms with van der Waals surface area (Å²) in [7, 11) is 0. The number of nitrogens with two attached hydrogens (primary N) is 1. The molecule has 0 spiro atoms. The standard InChI is InChI=1S/C16H24ClNO3/c1-3-20-16(19)7-5-4-6-10-21-15-9-8-13(12(2)18)11-14(15)17/h8-9,11-12H,3-7,10,18H2,1-2H3/t12-/m0/s1. The second kappa shape index (κ2) is 9.64. The van der Waals surface area contributed by atoms with Gasteiger partial charge in [0.1, 0.15) is 5.75 Å². The monoisotopic (exact) mass is 313 g/mol. The molecule has 0 aliphatic heterocycles. The summed E-state index contributed by atoms with van der Waals surface area (Å²) >= 11 is 6.15. The zero-order chi connectivity index (χ0) is 15.7. The van der Waals surface area contributed by atoms with Crippen LogP contribution in [0.15, 0.2) is 18.2 Å². The molecular formula is C16H24ClNO3. The lowest BCUT2D eigenvalue weighted by atomic mass is 10.1. The molecule has 4 nitrogen and oxygen atoms in total. The van der Waals surface area contributed by atoms with Gasteiger partial charge >= 0.3 is 5.97 Å². The first-order valence-corrected chi connectivity index (χ1v) is 7.75. The van der Waals surface area contributed by atoms with Crippen molar-refractivity contribution in [2.75, 3.05) is 13.2 Å². The number of carbonyl (C=O) groups is 1. The smallest absolute Gasteiger partial charge is 0.305 e. The van der Waals surface area contributed by atoms with Crippen molar-refractivity contribution in [2.45, 2.75) is 45.6 Å². The lowest BCUT2D eigenvalue weighted by Crippen LogP contribution is -2.05. The van der Waals surface area contributed by atoms with Gasteiger partial charge in [0.25, 0.3) is 0 Å². The second-order valence-corrected chi connectivity index (χ2v) is 5.35. The zero-order valence-electron chi connectivity index (χ0n) is 12.7. The summed E-state index contributed by atoms with van der Waals surface area (Å²) in [4.78, 5) is 11.1. The third-order valence-electron chi connectivity index (χ3n) is 3.07. The Balaban J connectivity index is 2.22. The first-order chi connectivity index (χ1) is 10.0. The minimum atomic E-state index is -0.132. The highest BCUT2D eigenvalue weighted by atomic mass is 35.5. The third-order valence-corrected chi connectivity index (χ3v) is 3.37.